The standard InChI is InChI=1S/C18H16O2/c1-13-4-11-18(14(2)19)16(12-13)8-5-15-6-9-17(20-3)10-7-15/h4,6-7,9-12H,1-3H3. The molecule has 0 amide bonds. The third-order valence-corrected chi connectivity index (χ3v) is 2.99. The highest BCUT2D eigenvalue weighted by Gasteiger charge is 2.04. The summed E-state index contributed by atoms with van der Waals surface area (Å²) in [6.45, 7) is 3.55. The van der Waals surface area contributed by atoms with Crippen molar-refractivity contribution >= 4 is 5.78 Å². The molecule has 2 heteroatoms. The highest BCUT2D eigenvalue weighted by molar-refractivity contribution is 5.96. The van der Waals surface area contributed by atoms with E-state index in [0.717, 1.165) is 22.4 Å². The molecule has 0 aliphatic rings. The molecule has 20 heavy (non-hydrogen) atoms. The summed E-state index contributed by atoms with van der Waals surface area (Å²) in [6.07, 6.45) is 0. The predicted octanol–water partition coefficient (Wildman–Crippen LogP) is 3.61. The Morgan fingerprint density at radius 2 is 1.75 bits per heavy atom. The van der Waals surface area contributed by atoms with Gasteiger partial charge in [0.2, 0.25) is 0 Å². The van der Waals surface area contributed by atoms with E-state index in [2.05, 4.69) is 11.8 Å². The zero-order valence-corrected chi connectivity index (χ0v) is 11.9. The van der Waals surface area contributed by atoms with E-state index in [4.69, 9.17) is 4.74 Å². The topological polar surface area (TPSA) is 26.3 Å². The fraction of sp³-hybridized carbons (Fsp3) is 0.167. The van der Waals surface area contributed by atoms with Crippen LogP contribution in [0.1, 0.15) is 34.0 Å². The first-order valence-corrected chi connectivity index (χ1v) is 6.38. The van der Waals surface area contributed by atoms with Crippen LogP contribution in [0.2, 0.25) is 0 Å². The average Bonchev–Trinajstić information content (AvgIpc) is 2.45. The Balaban J connectivity index is 2.36. The minimum Gasteiger partial charge on any atom is -0.497 e. The van der Waals surface area contributed by atoms with E-state index >= 15 is 0 Å². The van der Waals surface area contributed by atoms with E-state index in [1.54, 1.807) is 14.0 Å². The summed E-state index contributed by atoms with van der Waals surface area (Å²) in [6, 6.07) is 13.2. The average molecular weight is 264 g/mol. The number of benzene rings is 2. The lowest BCUT2D eigenvalue weighted by Gasteiger charge is -2.01. The SMILES string of the molecule is COc1ccc(C#Cc2cc(C)ccc2C(C)=O)cc1. The van der Waals surface area contributed by atoms with Crippen LogP contribution in [0.4, 0.5) is 0 Å². The van der Waals surface area contributed by atoms with Gasteiger partial charge in [0.15, 0.2) is 5.78 Å². The molecule has 100 valence electrons. The molecule has 0 aromatic heterocycles. The van der Waals surface area contributed by atoms with Gasteiger partial charge in [-0.15, -0.1) is 0 Å². The number of hydrogen-bond donors (Lipinski definition) is 0. The molecule has 0 radical (unpaired) electrons. The number of aryl methyl sites for hydroxylation is 1. The Morgan fingerprint density at radius 1 is 1.05 bits per heavy atom. The lowest BCUT2D eigenvalue weighted by Crippen LogP contribution is -1.96. The zero-order valence-electron chi connectivity index (χ0n) is 11.9. The first-order chi connectivity index (χ1) is 9.60. The van der Waals surface area contributed by atoms with Crippen molar-refractivity contribution in [2.24, 2.45) is 0 Å². The Labute approximate surface area is 119 Å². The minimum atomic E-state index is 0.0315. The van der Waals surface area contributed by atoms with Crippen LogP contribution in [0, 0.1) is 18.8 Å². The number of Topliss-reactive ketones (excluding diaryl/α,β-unsaturated/α-hetero) is 1. The number of ether oxygens (including phenoxy) is 1. The van der Waals surface area contributed by atoms with Crippen LogP contribution in [0.5, 0.6) is 5.75 Å². The third-order valence-electron chi connectivity index (χ3n) is 2.99. The summed E-state index contributed by atoms with van der Waals surface area (Å²) in [5.74, 6) is 6.99. The van der Waals surface area contributed by atoms with Gasteiger partial charge in [-0.2, -0.15) is 0 Å². The number of carbonyl (C=O) groups excluding carboxylic acids is 1. The third kappa shape index (κ3) is 3.27. The second-order valence-corrected chi connectivity index (χ2v) is 4.58. The first kappa shape index (κ1) is 13.9. The second kappa shape index (κ2) is 6.08. The first-order valence-electron chi connectivity index (χ1n) is 6.38. The number of rotatable bonds is 2. The Bertz CT molecular complexity index is 686. The molecular formula is C18H16O2. The lowest BCUT2D eigenvalue weighted by molar-refractivity contribution is 0.101. The maximum atomic E-state index is 11.6. The summed E-state index contributed by atoms with van der Waals surface area (Å²) < 4.78 is 5.11. The van der Waals surface area contributed by atoms with Gasteiger partial charge in [-0.3, -0.25) is 4.79 Å². The molecule has 2 nitrogen and oxygen atoms in total. The van der Waals surface area contributed by atoms with Crippen LogP contribution in [-0.2, 0) is 0 Å². The number of methoxy groups -OCH3 is 1. The van der Waals surface area contributed by atoms with Crippen LogP contribution >= 0.6 is 0 Å². The smallest absolute Gasteiger partial charge is 0.161 e. The van der Waals surface area contributed by atoms with Gasteiger partial charge in [0.05, 0.1) is 7.11 Å². The maximum Gasteiger partial charge on any atom is 0.161 e. The van der Waals surface area contributed by atoms with Crippen LogP contribution < -0.4 is 4.74 Å². The van der Waals surface area contributed by atoms with E-state index in [9.17, 15) is 4.79 Å². The highest BCUT2D eigenvalue weighted by atomic mass is 16.5. The van der Waals surface area contributed by atoms with Crippen LogP contribution in [-0.4, -0.2) is 12.9 Å². The molecule has 0 saturated carbocycles. The minimum absolute atomic E-state index is 0.0315. The zero-order chi connectivity index (χ0) is 14.5. The normalized spacial score (nSPS) is 9.55. The molecule has 0 fully saturated rings. The molecule has 0 atom stereocenters. The van der Waals surface area contributed by atoms with Crippen molar-refractivity contribution < 1.29 is 9.53 Å². The summed E-state index contributed by atoms with van der Waals surface area (Å²) in [4.78, 5) is 11.6. The van der Waals surface area contributed by atoms with Gasteiger partial charge >= 0.3 is 0 Å². The molecule has 0 N–H and O–H groups in total. The summed E-state index contributed by atoms with van der Waals surface area (Å²) in [5.41, 5.74) is 3.42. The largest absolute Gasteiger partial charge is 0.497 e. The molecular weight excluding hydrogens is 248 g/mol. The molecule has 0 bridgehead atoms. The van der Waals surface area contributed by atoms with Crippen molar-refractivity contribution in [1.82, 2.24) is 0 Å². The van der Waals surface area contributed by atoms with Gasteiger partial charge in [0.1, 0.15) is 5.75 Å². The van der Waals surface area contributed by atoms with Gasteiger partial charge in [-0.25, -0.2) is 0 Å². The van der Waals surface area contributed by atoms with Crippen molar-refractivity contribution in [3.8, 4) is 17.6 Å². The Hall–Kier alpha value is -2.53. The highest BCUT2D eigenvalue weighted by Crippen LogP contribution is 2.13. The van der Waals surface area contributed by atoms with Gasteiger partial charge in [-0.1, -0.05) is 17.9 Å². The molecule has 0 aliphatic carbocycles. The Morgan fingerprint density at radius 3 is 2.35 bits per heavy atom. The maximum absolute atomic E-state index is 11.6. The molecule has 2 rings (SSSR count). The quantitative estimate of drug-likeness (QED) is 0.612. The second-order valence-electron chi connectivity index (χ2n) is 4.58. The molecule has 0 spiro atoms. The number of ketones is 1. The van der Waals surface area contributed by atoms with Gasteiger partial charge < -0.3 is 4.74 Å². The fourth-order valence-electron chi connectivity index (χ4n) is 1.88. The van der Waals surface area contributed by atoms with Crippen molar-refractivity contribution in [1.29, 1.82) is 0 Å². The van der Waals surface area contributed by atoms with E-state index in [1.165, 1.54) is 0 Å². The van der Waals surface area contributed by atoms with Gasteiger partial charge in [0.25, 0.3) is 0 Å². The molecule has 0 aliphatic heterocycles. The molecule has 2 aromatic rings. The van der Waals surface area contributed by atoms with Gasteiger partial charge in [0, 0.05) is 16.7 Å². The summed E-state index contributed by atoms with van der Waals surface area (Å²) in [5, 5.41) is 0. The summed E-state index contributed by atoms with van der Waals surface area (Å²) in [7, 11) is 1.63. The lowest BCUT2D eigenvalue weighted by atomic mass is 10.0. The van der Waals surface area contributed by atoms with Crippen LogP contribution in [0.25, 0.3) is 0 Å². The monoisotopic (exact) mass is 264 g/mol. The van der Waals surface area contributed by atoms with Crippen LogP contribution in [0.3, 0.4) is 0 Å². The fourth-order valence-corrected chi connectivity index (χ4v) is 1.88. The summed E-state index contributed by atoms with van der Waals surface area (Å²) >= 11 is 0. The van der Waals surface area contributed by atoms with Crippen molar-refractivity contribution in [3.05, 3.63) is 64.7 Å². The van der Waals surface area contributed by atoms with Crippen molar-refractivity contribution in [2.75, 3.05) is 7.11 Å². The predicted molar refractivity (Wildman–Crippen MR) is 80.2 cm³/mol. The molecule has 0 saturated heterocycles. The number of hydrogen-bond acceptors (Lipinski definition) is 2. The van der Waals surface area contributed by atoms with Crippen molar-refractivity contribution in [2.45, 2.75) is 13.8 Å². The molecule has 0 unspecified atom stereocenters. The molecule has 2 aromatic carbocycles. The number of carbonyl (C=O) groups is 1. The van der Waals surface area contributed by atoms with Gasteiger partial charge in [-0.05, 0) is 55.8 Å². The van der Waals surface area contributed by atoms with Crippen molar-refractivity contribution in [3.63, 3.8) is 0 Å². The van der Waals surface area contributed by atoms with Crippen LogP contribution in [0.15, 0.2) is 42.5 Å². The molecule has 0 heterocycles. The van der Waals surface area contributed by atoms with E-state index < -0.39 is 0 Å². The van der Waals surface area contributed by atoms with E-state index in [1.807, 2.05) is 49.4 Å². The Kier molecular flexibility index (Phi) is 4.22. The van der Waals surface area contributed by atoms with E-state index in [-0.39, 0.29) is 5.78 Å². The van der Waals surface area contributed by atoms with E-state index in [0.29, 0.717) is 5.56 Å².